The minimum absolute atomic E-state index is 0.275. The van der Waals surface area contributed by atoms with Gasteiger partial charge in [-0.3, -0.25) is 0 Å². The minimum Gasteiger partial charge on any atom is -0.352 e. The van der Waals surface area contributed by atoms with Crippen LogP contribution in [0.2, 0.25) is 0 Å². The first-order valence-corrected chi connectivity index (χ1v) is 10.6. The predicted molar refractivity (Wildman–Crippen MR) is 106 cm³/mol. The van der Waals surface area contributed by atoms with Crippen molar-refractivity contribution in [2.45, 2.75) is 25.2 Å². The van der Waals surface area contributed by atoms with Crippen LogP contribution in [-0.2, 0) is 16.4 Å². The number of hydrogen-bond donors (Lipinski definition) is 1. The molecule has 7 nitrogen and oxygen atoms in total. The Balaban J connectivity index is 1.93. The van der Waals surface area contributed by atoms with E-state index in [1.807, 2.05) is 19.9 Å². The van der Waals surface area contributed by atoms with Crippen molar-refractivity contribution in [3.8, 4) is 0 Å². The Morgan fingerprint density at radius 1 is 1.19 bits per heavy atom. The van der Waals surface area contributed by atoms with Gasteiger partial charge in [-0.25, -0.2) is 22.4 Å². The summed E-state index contributed by atoms with van der Waals surface area (Å²) in [5.41, 5.74) is 2.13. The number of nitrogens with one attached hydrogen (secondary N) is 1. The van der Waals surface area contributed by atoms with E-state index >= 15 is 0 Å². The van der Waals surface area contributed by atoms with Crippen molar-refractivity contribution < 1.29 is 8.42 Å². The second-order valence-corrected chi connectivity index (χ2v) is 8.49. The molecule has 8 heteroatoms. The van der Waals surface area contributed by atoms with Gasteiger partial charge in [-0.15, -0.1) is 0 Å². The molecular formula is C19H23N5O2S. The number of aromatic nitrogens is 3. The fraction of sp³-hybridized carbons (Fsp3) is 0.368. The van der Waals surface area contributed by atoms with Crippen molar-refractivity contribution in [1.29, 1.82) is 0 Å². The first-order chi connectivity index (χ1) is 13.0. The standard InChI is InChI=1S/C19H23N5O2S/c1-3-17-22-18-16(7-8-21-19(18)23-11-9-20-10-12-23)24(17)27(25,26)15-6-4-5-14(2)13-15/h4-8,13,20H,3,9-12H2,1-2H3. The lowest BCUT2D eigenvalue weighted by atomic mass is 10.2. The maximum absolute atomic E-state index is 13.4. The summed E-state index contributed by atoms with van der Waals surface area (Å²) in [6.45, 7) is 7.21. The van der Waals surface area contributed by atoms with Gasteiger partial charge in [0.2, 0.25) is 0 Å². The molecule has 1 aliphatic heterocycles. The lowest BCUT2D eigenvalue weighted by Gasteiger charge is -2.28. The fourth-order valence-corrected chi connectivity index (χ4v) is 5.15. The second-order valence-electron chi connectivity index (χ2n) is 6.71. The normalized spacial score (nSPS) is 15.4. The number of anilines is 1. The Hall–Kier alpha value is -2.45. The van der Waals surface area contributed by atoms with Gasteiger partial charge in [-0.05, 0) is 30.7 Å². The lowest BCUT2D eigenvalue weighted by Crippen LogP contribution is -2.44. The number of imidazole rings is 1. The van der Waals surface area contributed by atoms with Gasteiger partial charge < -0.3 is 10.2 Å². The summed E-state index contributed by atoms with van der Waals surface area (Å²) in [7, 11) is -3.74. The monoisotopic (exact) mass is 385 g/mol. The number of piperazine rings is 1. The molecule has 142 valence electrons. The van der Waals surface area contributed by atoms with E-state index in [-0.39, 0.29) is 4.90 Å². The fourth-order valence-electron chi connectivity index (χ4n) is 3.50. The van der Waals surface area contributed by atoms with Crippen LogP contribution in [0.15, 0.2) is 41.4 Å². The molecule has 0 saturated carbocycles. The van der Waals surface area contributed by atoms with Gasteiger partial charge in [0, 0.05) is 38.8 Å². The van der Waals surface area contributed by atoms with E-state index in [1.165, 1.54) is 3.97 Å². The lowest BCUT2D eigenvalue weighted by molar-refractivity contribution is 0.585. The molecular weight excluding hydrogens is 362 g/mol. The summed E-state index contributed by atoms with van der Waals surface area (Å²) in [5, 5.41) is 3.32. The van der Waals surface area contributed by atoms with E-state index < -0.39 is 10.0 Å². The van der Waals surface area contributed by atoms with Gasteiger partial charge in [0.15, 0.2) is 5.82 Å². The van der Waals surface area contributed by atoms with E-state index in [1.54, 1.807) is 30.5 Å². The topological polar surface area (TPSA) is 80.1 Å². The molecule has 27 heavy (non-hydrogen) atoms. The summed E-state index contributed by atoms with van der Waals surface area (Å²) in [4.78, 5) is 11.6. The van der Waals surface area contributed by atoms with Crippen LogP contribution in [0, 0.1) is 6.92 Å². The Labute approximate surface area is 159 Å². The molecule has 0 radical (unpaired) electrons. The molecule has 1 aliphatic rings. The minimum atomic E-state index is -3.74. The van der Waals surface area contributed by atoms with Gasteiger partial charge in [0.05, 0.1) is 10.4 Å². The van der Waals surface area contributed by atoms with Crippen molar-refractivity contribution in [2.24, 2.45) is 0 Å². The van der Waals surface area contributed by atoms with Crippen LogP contribution in [0.5, 0.6) is 0 Å². The van der Waals surface area contributed by atoms with Crippen LogP contribution in [0.4, 0.5) is 5.82 Å². The van der Waals surface area contributed by atoms with Crippen LogP contribution >= 0.6 is 0 Å². The number of benzene rings is 1. The zero-order chi connectivity index (χ0) is 19.0. The highest BCUT2D eigenvalue weighted by atomic mass is 32.2. The van der Waals surface area contributed by atoms with Crippen molar-refractivity contribution in [2.75, 3.05) is 31.1 Å². The van der Waals surface area contributed by atoms with E-state index in [0.717, 1.165) is 37.6 Å². The van der Waals surface area contributed by atoms with E-state index in [0.29, 0.717) is 23.3 Å². The summed E-state index contributed by atoms with van der Waals surface area (Å²) in [5.74, 6) is 1.28. The van der Waals surface area contributed by atoms with Crippen LogP contribution in [0.3, 0.4) is 0 Å². The highest BCUT2D eigenvalue weighted by Gasteiger charge is 2.26. The molecule has 0 bridgehead atoms. The third kappa shape index (κ3) is 3.08. The van der Waals surface area contributed by atoms with Gasteiger partial charge in [0.1, 0.15) is 11.3 Å². The molecule has 0 unspecified atom stereocenters. The third-order valence-corrected chi connectivity index (χ3v) is 6.58. The highest BCUT2D eigenvalue weighted by Crippen LogP contribution is 2.29. The summed E-state index contributed by atoms with van der Waals surface area (Å²) in [6, 6.07) is 8.71. The SMILES string of the molecule is CCc1nc2c(N3CCNCC3)nccc2n1S(=O)(=O)c1cccc(C)c1. The molecule has 4 rings (SSSR count). The Morgan fingerprint density at radius 3 is 2.67 bits per heavy atom. The molecule has 1 saturated heterocycles. The number of nitrogens with zero attached hydrogens (tertiary/aromatic N) is 4. The number of hydrogen-bond acceptors (Lipinski definition) is 6. The Kier molecular flexibility index (Phi) is 4.61. The second kappa shape index (κ2) is 6.94. The predicted octanol–water partition coefficient (Wildman–Crippen LogP) is 1.95. The molecule has 0 amide bonds. The molecule has 0 aliphatic carbocycles. The number of rotatable bonds is 4. The zero-order valence-electron chi connectivity index (χ0n) is 15.5. The maximum atomic E-state index is 13.4. The molecule has 1 N–H and O–H groups in total. The molecule has 3 aromatic rings. The van der Waals surface area contributed by atoms with Gasteiger partial charge in [0.25, 0.3) is 10.0 Å². The van der Waals surface area contributed by atoms with Crippen LogP contribution in [-0.4, -0.2) is 48.5 Å². The van der Waals surface area contributed by atoms with Crippen molar-refractivity contribution in [3.05, 3.63) is 47.9 Å². The molecule has 0 spiro atoms. The molecule has 2 aromatic heterocycles. The number of aryl methyl sites for hydroxylation is 2. The summed E-state index contributed by atoms with van der Waals surface area (Å²) in [6.07, 6.45) is 2.18. The van der Waals surface area contributed by atoms with Crippen molar-refractivity contribution in [1.82, 2.24) is 19.3 Å². The average Bonchev–Trinajstić information content (AvgIpc) is 3.08. The first-order valence-electron chi connectivity index (χ1n) is 9.16. The number of pyridine rings is 1. The van der Waals surface area contributed by atoms with Gasteiger partial charge in [-0.1, -0.05) is 19.1 Å². The summed E-state index contributed by atoms with van der Waals surface area (Å²) < 4.78 is 28.2. The van der Waals surface area contributed by atoms with Gasteiger partial charge >= 0.3 is 0 Å². The summed E-state index contributed by atoms with van der Waals surface area (Å²) >= 11 is 0. The van der Waals surface area contributed by atoms with Crippen LogP contribution < -0.4 is 10.2 Å². The van der Waals surface area contributed by atoms with Gasteiger partial charge in [-0.2, -0.15) is 0 Å². The highest BCUT2D eigenvalue weighted by molar-refractivity contribution is 7.90. The largest absolute Gasteiger partial charge is 0.352 e. The molecule has 0 atom stereocenters. The maximum Gasteiger partial charge on any atom is 0.269 e. The Morgan fingerprint density at radius 2 is 1.96 bits per heavy atom. The van der Waals surface area contributed by atoms with Crippen LogP contribution in [0.25, 0.3) is 11.0 Å². The Bertz CT molecular complexity index is 1080. The van der Waals surface area contributed by atoms with E-state index in [4.69, 9.17) is 0 Å². The molecule has 1 fully saturated rings. The smallest absolute Gasteiger partial charge is 0.269 e. The molecule has 3 heterocycles. The van der Waals surface area contributed by atoms with Crippen molar-refractivity contribution >= 4 is 26.9 Å². The van der Waals surface area contributed by atoms with Crippen LogP contribution in [0.1, 0.15) is 18.3 Å². The number of fused-ring (bicyclic) bond motifs is 1. The average molecular weight is 385 g/mol. The first kappa shape index (κ1) is 17.9. The molecule has 1 aromatic carbocycles. The van der Waals surface area contributed by atoms with Crippen molar-refractivity contribution in [3.63, 3.8) is 0 Å². The van der Waals surface area contributed by atoms with E-state index in [9.17, 15) is 8.42 Å². The quantitative estimate of drug-likeness (QED) is 0.739. The third-order valence-electron chi connectivity index (χ3n) is 4.84. The van der Waals surface area contributed by atoms with E-state index in [2.05, 4.69) is 20.2 Å². The zero-order valence-corrected chi connectivity index (χ0v) is 16.3.